The van der Waals surface area contributed by atoms with Gasteiger partial charge >= 0.3 is 0 Å². The number of nitrogens with zero attached hydrogens (tertiary/aromatic N) is 2. The molecule has 0 spiro atoms. The first-order valence-corrected chi connectivity index (χ1v) is 6.98. The monoisotopic (exact) mass is 270 g/mol. The van der Waals surface area contributed by atoms with Crippen LogP contribution in [0.1, 0.15) is 41.0 Å². The van der Waals surface area contributed by atoms with Gasteiger partial charge in [-0.25, -0.2) is 0 Å². The highest BCUT2D eigenvalue weighted by Crippen LogP contribution is 2.21. The van der Waals surface area contributed by atoms with Crippen molar-refractivity contribution in [1.29, 1.82) is 0 Å². The van der Waals surface area contributed by atoms with Gasteiger partial charge in [-0.15, -0.1) is 0 Å². The second-order valence-electron chi connectivity index (χ2n) is 5.15. The minimum Gasteiger partial charge on any atom is -0.271 e. The van der Waals surface area contributed by atoms with E-state index in [4.69, 9.17) is 5.84 Å². The van der Waals surface area contributed by atoms with Crippen molar-refractivity contribution >= 4 is 0 Å². The highest BCUT2D eigenvalue weighted by molar-refractivity contribution is 5.29. The number of benzene rings is 1. The van der Waals surface area contributed by atoms with E-state index >= 15 is 0 Å². The van der Waals surface area contributed by atoms with Gasteiger partial charge in [0, 0.05) is 0 Å². The highest BCUT2D eigenvalue weighted by atomic mass is 15.2. The van der Waals surface area contributed by atoms with Crippen LogP contribution in [0.5, 0.6) is 0 Å². The van der Waals surface area contributed by atoms with E-state index in [9.17, 15) is 0 Å². The molecule has 1 heterocycles. The summed E-state index contributed by atoms with van der Waals surface area (Å²) in [4.78, 5) is 0. The van der Waals surface area contributed by atoms with Crippen LogP contribution in [0.4, 0.5) is 0 Å². The van der Waals surface area contributed by atoms with E-state index in [1.54, 1.807) is 0 Å². The zero-order valence-electron chi connectivity index (χ0n) is 12.4. The SMILES string of the molecule is CCc1nnc(C)cc1C(Cc1cccc(C)c1)NN. The standard InChI is InChI=1S/C16H22N4/c1-4-15-14(9-12(3)19-20-15)16(18-17)10-13-7-5-6-11(2)8-13/h5-9,16,18H,4,10,17H2,1-3H3. The smallest absolute Gasteiger partial charge is 0.0676 e. The Morgan fingerprint density at radius 1 is 1.20 bits per heavy atom. The summed E-state index contributed by atoms with van der Waals surface area (Å²) in [5.41, 5.74) is 8.52. The Labute approximate surface area is 120 Å². The number of rotatable bonds is 5. The molecule has 1 aromatic carbocycles. The molecular weight excluding hydrogens is 248 g/mol. The first kappa shape index (κ1) is 14.6. The van der Waals surface area contributed by atoms with Gasteiger partial charge < -0.3 is 0 Å². The third-order valence-corrected chi connectivity index (χ3v) is 3.46. The molecule has 0 aliphatic carbocycles. The first-order chi connectivity index (χ1) is 9.63. The second kappa shape index (κ2) is 6.59. The fourth-order valence-electron chi connectivity index (χ4n) is 2.44. The van der Waals surface area contributed by atoms with Crippen LogP contribution < -0.4 is 11.3 Å². The maximum atomic E-state index is 5.77. The van der Waals surface area contributed by atoms with E-state index in [0.29, 0.717) is 0 Å². The Hall–Kier alpha value is -1.78. The second-order valence-corrected chi connectivity index (χ2v) is 5.15. The third-order valence-electron chi connectivity index (χ3n) is 3.46. The van der Waals surface area contributed by atoms with Gasteiger partial charge in [0.2, 0.25) is 0 Å². The van der Waals surface area contributed by atoms with Crippen LogP contribution in [0.2, 0.25) is 0 Å². The lowest BCUT2D eigenvalue weighted by Crippen LogP contribution is -2.30. The van der Waals surface area contributed by atoms with Crippen LogP contribution in [0.15, 0.2) is 30.3 Å². The molecule has 1 atom stereocenters. The predicted octanol–water partition coefficient (Wildman–Crippen LogP) is 2.40. The van der Waals surface area contributed by atoms with E-state index in [1.807, 2.05) is 6.92 Å². The average Bonchev–Trinajstić information content (AvgIpc) is 2.45. The Morgan fingerprint density at radius 2 is 2.00 bits per heavy atom. The Kier molecular flexibility index (Phi) is 4.82. The molecule has 20 heavy (non-hydrogen) atoms. The fraction of sp³-hybridized carbons (Fsp3) is 0.375. The molecule has 0 bridgehead atoms. The normalized spacial score (nSPS) is 12.4. The van der Waals surface area contributed by atoms with Gasteiger partial charge in [-0.2, -0.15) is 10.2 Å². The maximum absolute atomic E-state index is 5.77. The van der Waals surface area contributed by atoms with Gasteiger partial charge in [-0.1, -0.05) is 36.8 Å². The van der Waals surface area contributed by atoms with E-state index in [2.05, 4.69) is 59.8 Å². The molecule has 3 N–H and O–H groups in total. The molecule has 1 aromatic heterocycles. The van der Waals surface area contributed by atoms with Crippen molar-refractivity contribution in [1.82, 2.24) is 15.6 Å². The van der Waals surface area contributed by atoms with Crippen LogP contribution in [0.3, 0.4) is 0 Å². The topological polar surface area (TPSA) is 63.8 Å². The van der Waals surface area contributed by atoms with Crippen molar-refractivity contribution in [2.45, 2.75) is 39.7 Å². The molecule has 0 saturated heterocycles. The van der Waals surface area contributed by atoms with Crippen molar-refractivity contribution in [2.75, 3.05) is 0 Å². The third kappa shape index (κ3) is 3.40. The summed E-state index contributed by atoms with van der Waals surface area (Å²) < 4.78 is 0. The minimum atomic E-state index is 0.0564. The maximum Gasteiger partial charge on any atom is 0.0676 e. The summed E-state index contributed by atoms with van der Waals surface area (Å²) in [6.45, 7) is 6.14. The molecule has 0 aliphatic rings. The molecule has 0 fully saturated rings. The highest BCUT2D eigenvalue weighted by Gasteiger charge is 2.16. The summed E-state index contributed by atoms with van der Waals surface area (Å²) in [5.74, 6) is 5.77. The Balaban J connectivity index is 2.30. The molecule has 2 rings (SSSR count). The summed E-state index contributed by atoms with van der Waals surface area (Å²) >= 11 is 0. The van der Waals surface area contributed by atoms with Crippen molar-refractivity contribution in [3.8, 4) is 0 Å². The van der Waals surface area contributed by atoms with Gasteiger partial charge in [-0.3, -0.25) is 11.3 Å². The van der Waals surface area contributed by atoms with Gasteiger partial charge in [0.05, 0.1) is 17.4 Å². The lowest BCUT2D eigenvalue weighted by atomic mass is 9.96. The van der Waals surface area contributed by atoms with E-state index in [-0.39, 0.29) is 6.04 Å². The summed E-state index contributed by atoms with van der Waals surface area (Å²) in [6.07, 6.45) is 1.70. The van der Waals surface area contributed by atoms with Crippen molar-refractivity contribution < 1.29 is 0 Å². The minimum absolute atomic E-state index is 0.0564. The zero-order chi connectivity index (χ0) is 14.5. The largest absolute Gasteiger partial charge is 0.271 e. The molecule has 0 amide bonds. The van der Waals surface area contributed by atoms with Crippen molar-refractivity contribution in [3.63, 3.8) is 0 Å². The van der Waals surface area contributed by atoms with Crippen LogP contribution >= 0.6 is 0 Å². The van der Waals surface area contributed by atoms with E-state index in [1.165, 1.54) is 11.1 Å². The van der Waals surface area contributed by atoms with Gasteiger partial charge in [0.25, 0.3) is 0 Å². The molecule has 4 nitrogen and oxygen atoms in total. The number of nitrogens with two attached hydrogens (primary N) is 1. The van der Waals surface area contributed by atoms with Gasteiger partial charge in [0.15, 0.2) is 0 Å². The Morgan fingerprint density at radius 3 is 2.65 bits per heavy atom. The zero-order valence-corrected chi connectivity index (χ0v) is 12.4. The molecule has 0 aliphatic heterocycles. The van der Waals surface area contributed by atoms with Gasteiger partial charge in [-0.05, 0) is 43.9 Å². The molecule has 0 radical (unpaired) electrons. The quantitative estimate of drug-likeness (QED) is 0.647. The van der Waals surface area contributed by atoms with Crippen molar-refractivity contribution in [2.24, 2.45) is 5.84 Å². The molecule has 1 unspecified atom stereocenters. The molecule has 106 valence electrons. The number of hydrazine groups is 1. The van der Waals surface area contributed by atoms with E-state index in [0.717, 1.165) is 29.8 Å². The van der Waals surface area contributed by atoms with Crippen LogP contribution in [0, 0.1) is 13.8 Å². The van der Waals surface area contributed by atoms with Crippen LogP contribution in [-0.2, 0) is 12.8 Å². The summed E-state index contributed by atoms with van der Waals surface area (Å²) in [6, 6.07) is 10.6. The Bertz CT molecular complexity index is 580. The number of hydrogen-bond acceptors (Lipinski definition) is 4. The lowest BCUT2D eigenvalue weighted by molar-refractivity contribution is 0.541. The lowest BCUT2D eigenvalue weighted by Gasteiger charge is -2.19. The number of hydrogen-bond donors (Lipinski definition) is 2. The number of nitrogens with one attached hydrogen (secondary N) is 1. The molecular formula is C16H22N4. The van der Waals surface area contributed by atoms with Crippen molar-refractivity contribution in [3.05, 3.63) is 58.4 Å². The summed E-state index contributed by atoms with van der Waals surface area (Å²) in [5, 5.41) is 8.41. The molecule has 4 heteroatoms. The molecule has 2 aromatic rings. The average molecular weight is 270 g/mol. The van der Waals surface area contributed by atoms with Crippen LogP contribution in [-0.4, -0.2) is 10.2 Å². The number of aryl methyl sites for hydroxylation is 3. The fourth-order valence-corrected chi connectivity index (χ4v) is 2.44. The molecule has 0 saturated carbocycles. The van der Waals surface area contributed by atoms with Crippen LogP contribution in [0.25, 0.3) is 0 Å². The predicted molar refractivity (Wildman–Crippen MR) is 81.1 cm³/mol. The first-order valence-electron chi connectivity index (χ1n) is 6.98. The van der Waals surface area contributed by atoms with E-state index < -0.39 is 0 Å². The number of aromatic nitrogens is 2. The van der Waals surface area contributed by atoms with Gasteiger partial charge in [0.1, 0.15) is 0 Å². The summed E-state index contributed by atoms with van der Waals surface area (Å²) in [7, 11) is 0.